The molecule has 0 atom stereocenters. The lowest BCUT2D eigenvalue weighted by Gasteiger charge is -2.28. The summed E-state index contributed by atoms with van der Waals surface area (Å²) in [4.78, 5) is 29.9. The molecule has 28 heavy (non-hydrogen) atoms. The number of rotatable bonds is 4. The molecular weight excluding hydrogens is 360 g/mol. The fourth-order valence-electron chi connectivity index (χ4n) is 3.23. The van der Waals surface area contributed by atoms with Crippen molar-refractivity contribution in [3.05, 3.63) is 70.4 Å². The third-order valence-electron chi connectivity index (χ3n) is 4.63. The zero-order valence-corrected chi connectivity index (χ0v) is 15.0. The summed E-state index contributed by atoms with van der Waals surface area (Å²) in [6.07, 6.45) is 1.57. The Balaban J connectivity index is 1.59. The highest BCUT2D eigenvalue weighted by atomic mass is 16.6. The van der Waals surface area contributed by atoms with Crippen LogP contribution in [0.5, 0.6) is 0 Å². The third kappa shape index (κ3) is 3.63. The van der Waals surface area contributed by atoms with E-state index < -0.39 is 10.8 Å². The summed E-state index contributed by atoms with van der Waals surface area (Å²) in [6, 6.07) is 13.9. The Labute approximate surface area is 160 Å². The van der Waals surface area contributed by atoms with Crippen molar-refractivity contribution in [1.29, 1.82) is 0 Å². The number of nitro benzene ring substituents is 1. The molecule has 1 amide bonds. The van der Waals surface area contributed by atoms with Gasteiger partial charge in [-0.15, -0.1) is 0 Å². The van der Waals surface area contributed by atoms with Crippen LogP contribution in [0.3, 0.4) is 0 Å². The zero-order valence-electron chi connectivity index (χ0n) is 15.0. The molecule has 142 valence electrons. The number of aromatic nitrogens is 1. The maximum absolute atomic E-state index is 12.6. The lowest BCUT2D eigenvalue weighted by atomic mass is 10.1. The lowest BCUT2D eigenvalue weighted by molar-refractivity contribution is -0.384. The Kier molecular flexibility index (Phi) is 4.86. The van der Waals surface area contributed by atoms with Crippen LogP contribution in [0.1, 0.15) is 10.4 Å². The van der Waals surface area contributed by atoms with E-state index in [1.807, 2.05) is 35.2 Å². The van der Waals surface area contributed by atoms with Crippen LogP contribution < -0.4 is 10.2 Å². The van der Waals surface area contributed by atoms with Crippen molar-refractivity contribution in [2.24, 2.45) is 0 Å². The van der Waals surface area contributed by atoms with E-state index in [0.29, 0.717) is 37.7 Å². The summed E-state index contributed by atoms with van der Waals surface area (Å²) < 4.78 is 5.30. The van der Waals surface area contributed by atoms with Gasteiger partial charge in [0.05, 0.1) is 35.5 Å². The second kappa shape index (κ2) is 7.61. The summed E-state index contributed by atoms with van der Waals surface area (Å²) in [7, 11) is 0. The predicted octanol–water partition coefficient (Wildman–Crippen LogP) is 3.23. The summed E-state index contributed by atoms with van der Waals surface area (Å²) in [5.41, 5.74) is 1.98. The number of carbonyl (C=O) groups is 1. The van der Waals surface area contributed by atoms with E-state index in [-0.39, 0.29) is 11.3 Å². The molecule has 1 aliphatic rings. The minimum atomic E-state index is -0.459. The van der Waals surface area contributed by atoms with Crippen molar-refractivity contribution < 1.29 is 14.5 Å². The summed E-state index contributed by atoms with van der Waals surface area (Å²) in [5.74, 6) is -0.422. The molecular formula is C20H18N4O4. The average Bonchev–Trinajstić information content (AvgIpc) is 2.73. The van der Waals surface area contributed by atoms with Crippen LogP contribution >= 0.6 is 0 Å². The minimum Gasteiger partial charge on any atom is -0.378 e. The highest BCUT2D eigenvalue weighted by Gasteiger charge is 2.23. The van der Waals surface area contributed by atoms with E-state index in [4.69, 9.17) is 4.74 Å². The molecule has 8 heteroatoms. The Bertz CT molecular complexity index is 1050. The van der Waals surface area contributed by atoms with Gasteiger partial charge in [0.15, 0.2) is 0 Å². The van der Waals surface area contributed by atoms with Gasteiger partial charge in [0.1, 0.15) is 5.69 Å². The topological polar surface area (TPSA) is 97.6 Å². The SMILES string of the molecule is O=C(Nc1cnc2ccccc2c1)c1ccc(N2CCOCC2)c([N+](=O)[O-])c1. The number of benzene rings is 2. The molecule has 0 spiro atoms. The Hall–Kier alpha value is -3.52. The van der Waals surface area contributed by atoms with E-state index in [0.717, 1.165) is 10.9 Å². The van der Waals surface area contributed by atoms with Gasteiger partial charge in [-0.2, -0.15) is 0 Å². The van der Waals surface area contributed by atoms with E-state index >= 15 is 0 Å². The molecule has 2 aromatic carbocycles. The largest absolute Gasteiger partial charge is 0.378 e. The number of hydrogen-bond acceptors (Lipinski definition) is 6. The zero-order chi connectivity index (χ0) is 19.5. The van der Waals surface area contributed by atoms with Crippen molar-refractivity contribution >= 4 is 33.9 Å². The van der Waals surface area contributed by atoms with Crippen LogP contribution in [0.25, 0.3) is 10.9 Å². The molecule has 0 unspecified atom stereocenters. The number of anilines is 2. The van der Waals surface area contributed by atoms with Gasteiger partial charge < -0.3 is 15.0 Å². The van der Waals surface area contributed by atoms with Gasteiger partial charge in [-0.05, 0) is 24.3 Å². The van der Waals surface area contributed by atoms with E-state index in [9.17, 15) is 14.9 Å². The van der Waals surface area contributed by atoms with Crippen molar-refractivity contribution in [2.45, 2.75) is 0 Å². The van der Waals surface area contributed by atoms with Crippen LogP contribution in [-0.4, -0.2) is 42.1 Å². The molecule has 1 aromatic heterocycles. The molecule has 1 fully saturated rings. The Morgan fingerprint density at radius 1 is 1.14 bits per heavy atom. The Morgan fingerprint density at radius 2 is 1.93 bits per heavy atom. The van der Waals surface area contributed by atoms with Gasteiger partial charge in [-0.1, -0.05) is 18.2 Å². The van der Waals surface area contributed by atoms with Crippen molar-refractivity contribution in [3.8, 4) is 0 Å². The average molecular weight is 378 g/mol. The van der Waals surface area contributed by atoms with Crippen molar-refractivity contribution in [1.82, 2.24) is 4.98 Å². The van der Waals surface area contributed by atoms with Gasteiger partial charge in [0, 0.05) is 30.1 Å². The second-order valence-electron chi connectivity index (χ2n) is 6.43. The molecule has 8 nitrogen and oxygen atoms in total. The van der Waals surface area contributed by atoms with Crippen molar-refractivity contribution in [3.63, 3.8) is 0 Å². The standard InChI is InChI=1S/C20H18N4O4/c25-20(22-16-11-14-3-1-2-4-17(14)21-13-16)15-5-6-18(19(12-15)24(26)27)23-7-9-28-10-8-23/h1-6,11-13H,7-10H2,(H,22,25). The molecule has 3 aromatic rings. The molecule has 0 bridgehead atoms. The maximum Gasteiger partial charge on any atom is 0.293 e. The second-order valence-corrected chi connectivity index (χ2v) is 6.43. The van der Waals surface area contributed by atoms with Crippen molar-refractivity contribution in [2.75, 3.05) is 36.5 Å². The molecule has 1 saturated heterocycles. The number of fused-ring (bicyclic) bond motifs is 1. The predicted molar refractivity (Wildman–Crippen MR) is 106 cm³/mol. The molecule has 1 aliphatic heterocycles. The number of ether oxygens (including phenoxy) is 1. The molecule has 0 aliphatic carbocycles. The number of morpholine rings is 1. The summed E-state index contributed by atoms with van der Waals surface area (Å²) in [5, 5.41) is 15.2. The number of amides is 1. The van der Waals surface area contributed by atoms with Crippen LogP contribution in [0.15, 0.2) is 54.7 Å². The van der Waals surface area contributed by atoms with Gasteiger partial charge in [-0.25, -0.2) is 0 Å². The minimum absolute atomic E-state index is 0.0915. The maximum atomic E-state index is 12.6. The molecule has 0 saturated carbocycles. The van der Waals surface area contributed by atoms with Gasteiger partial charge in [0.25, 0.3) is 11.6 Å². The molecule has 0 radical (unpaired) electrons. The number of pyridine rings is 1. The van der Waals surface area contributed by atoms with E-state index in [1.54, 1.807) is 18.3 Å². The van der Waals surface area contributed by atoms with E-state index in [2.05, 4.69) is 10.3 Å². The fraction of sp³-hybridized carbons (Fsp3) is 0.200. The van der Waals surface area contributed by atoms with Crippen LogP contribution in [-0.2, 0) is 4.74 Å². The van der Waals surface area contributed by atoms with Gasteiger partial charge in [-0.3, -0.25) is 19.9 Å². The number of nitrogens with zero attached hydrogens (tertiary/aromatic N) is 3. The third-order valence-corrected chi connectivity index (χ3v) is 4.63. The first-order valence-electron chi connectivity index (χ1n) is 8.89. The molecule has 2 heterocycles. The highest BCUT2D eigenvalue weighted by molar-refractivity contribution is 6.05. The van der Waals surface area contributed by atoms with Crippen LogP contribution in [0.4, 0.5) is 17.1 Å². The molecule has 4 rings (SSSR count). The highest BCUT2D eigenvalue weighted by Crippen LogP contribution is 2.30. The van der Waals surface area contributed by atoms with E-state index in [1.165, 1.54) is 6.07 Å². The normalized spacial score (nSPS) is 14.1. The van der Waals surface area contributed by atoms with Crippen LogP contribution in [0, 0.1) is 10.1 Å². The molecule has 1 N–H and O–H groups in total. The number of carbonyl (C=O) groups excluding carboxylic acids is 1. The van der Waals surface area contributed by atoms with Crippen LogP contribution in [0.2, 0.25) is 0 Å². The number of hydrogen-bond donors (Lipinski definition) is 1. The first-order valence-corrected chi connectivity index (χ1v) is 8.89. The quantitative estimate of drug-likeness (QED) is 0.553. The van der Waals surface area contributed by atoms with Gasteiger partial charge >= 0.3 is 0 Å². The number of para-hydroxylation sites is 1. The lowest BCUT2D eigenvalue weighted by Crippen LogP contribution is -2.36. The monoisotopic (exact) mass is 378 g/mol. The van der Waals surface area contributed by atoms with Gasteiger partial charge in [0.2, 0.25) is 0 Å². The first-order chi connectivity index (χ1) is 13.6. The number of nitro groups is 1. The Morgan fingerprint density at radius 3 is 2.71 bits per heavy atom. The smallest absolute Gasteiger partial charge is 0.293 e. The first kappa shape index (κ1) is 17.9. The summed E-state index contributed by atoms with van der Waals surface area (Å²) >= 11 is 0. The fourth-order valence-corrected chi connectivity index (χ4v) is 3.23. The number of nitrogens with one attached hydrogen (secondary N) is 1. The summed E-state index contributed by atoms with van der Waals surface area (Å²) in [6.45, 7) is 2.20.